The van der Waals surface area contributed by atoms with Gasteiger partial charge >= 0.3 is 0 Å². The molecule has 1 aromatic heterocycles. The molecule has 0 bridgehead atoms. The Morgan fingerprint density at radius 2 is 2.00 bits per heavy atom. The summed E-state index contributed by atoms with van der Waals surface area (Å²) in [5.41, 5.74) is 5.80. The Labute approximate surface area is 112 Å². The van der Waals surface area contributed by atoms with Gasteiger partial charge in [0.2, 0.25) is 5.89 Å². The SMILES string of the molecule is CC(N)C(C)c1nc(CCOc2ccccc2)no1. The van der Waals surface area contributed by atoms with E-state index in [4.69, 9.17) is 15.0 Å². The van der Waals surface area contributed by atoms with Crippen molar-refractivity contribution in [3.8, 4) is 5.75 Å². The Balaban J connectivity index is 1.84. The summed E-state index contributed by atoms with van der Waals surface area (Å²) in [5, 5.41) is 3.93. The summed E-state index contributed by atoms with van der Waals surface area (Å²) < 4.78 is 10.8. The van der Waals surface area contributed by atoms with E-state index >= 15 is 0 Å². The fourth-order valence-corrected chi connectivity index (χ4v) is 1.56. The Morgan fingerprint density at radius 3 is 2.68 bits per heavy atom. The molecule has 2 aromatic rings. The van der Waals surface area contributed by atoms with Gasteiger partial charge in [-0.05, 0) is 19.1 Å². The third-order valence-corrected chi connectivity index (χ3v) is 3.00. The molecule has 5 nitrogen and oxygen atoms in total. The molecule has 1 aromatic carbocycles. The molecule has 0 spiro atoms. The first-order chi connectivity index (χ1) is 9.16. The third-order valence-electron chi connectivity index (χ3n) is 3.00. The van der Waals surface area contributed by atoms with Crippen LogP contribution in [0.1, 0.15) is 31.5 Å². The zero-order chi connectivity index (χ0) is 13.7. The van der Waals surface area contributed by atoms with Gasteiger partial charge in [-0.1, -0.05) is 30.3 Å². The van der Waals surface area contributed by atoms with Crippen LogP contribution in [0.3, 0.4) is 0 Å². The maximum atomic E-state index is 5.80. The second-order valence-corrected chi connectivity index (χ2v) is 4.61. The Morgan fingerprint density at radius 1 is 1.26 bits per heavy atom. The zero-order valence-electron chi connectivity index (χ0n) is 11.2. The van der Waals surface area contributed by atoms with E-state index in [2.05, 4.69) is 10.1 Å². The van der Waals surface area contributed by atoms with Crippen molar-refractivity contribution < 1.29 is 9.26 Å². The number of hydrogen-bond donors (Lipinski definition) is 1. The highest BCUT2D eigenvalue weighted by Crippen LogP contribution is 2.15. The molecule has 0 saturated heterocycles. The van der Waals surface area contributed by atoms with Gasteiger partial charge in [0.15, 0.2) is 5.82 Å². The largest absolute Gasteiger partial charge is 0.493 e. The second kappa shape index (κ2) is 6.33. The van der Waals surface area contributed by atoms with E-state index in [1.54, 1.807) is 0 Å². The number of nitrogens with zero attached hydrogens (tertiary/aromatic N) is 2. The monoisotopic (exact) mass is 261 g/mol. The van der Waals surface area contributed by atoms with Crippen molar-refractivity contribution in [3.05, 3.63) is 42.0 Å². The van der Waals surface area contributed by atoms with Crippen molar-refractivity contribution in [1.29, 1.82) is 0 Å². The smallest absolute Gasteiger partial charge is 0.231 e. The first-order valence-electron chi connectivity index (χ1n) is 6.42. The van der Waals surface area contributed by atoms with Gasteiger partial charge in [-0.25, -0.2) is 0 Å². The van der Waals surface area contributed by atoms with Crippen molar-refractivity contribution in [2.75, 3.05) is 6.61 Å². The minimum absolute atomic E-state index is 0.00568. The number of benzene rings is 1. The Hall–Kier alpha value is -1.88. The minimum Gasteiger partial charge on any atom is -0.493 e. The summed E-state index contributed by atoms with van der Waals surface area (Å²) in [5.74, 6) is 2.15. The van der Waals surface area contributed by atoms with E-state index < -0.39 is 0 Å². The molecule has 2 N–H and O–H groups in total. The van der Waals surface area contributed by atoms with Gasteiger partial charge < -0.3 is 15.0 Å². The molecule has 0 aliphatic rings. The van der Waals surface area contributed by atoms with E-state index in [0.29, 0.717) is 24.7 Å². The van der Waals surface area contributed by atoms with Crippen LogP contribution in [0, 0.1) is 0 Å². The van der Waals surface area contributed by atoms with Gasteiger partial charge in [-0.3, -0.25) is 0 Å². The highest BCUT2D eigenvalue weighted by atomic mass is 16.5. The molecular formula is C14H19N3O2. The van der Waals surface area contributed by atoms with Gasteiger partial charge in [0.1, 0.15) is 5.75 Å². The highest BCUT2D eigenvalue weighted by Gasteiger charge is 2.17. The summed E-state index contributed by atoms with van der Waals surface area (Å²) >= 11 is 0. The topological polar surface area (TPSA) is 74.2 Å². The standard InChI is InChI=1S/C14H19N3O2/c1-10(11(2)15)14-16-13(17-19-14)8-9-18-12-6-4-3-5-7-12/h3-7,10-11H,8-9,15H2,1-2H3. The number of nitrogens with two attached hydrogens (primary N) is 1. The lowest BCUT2D eigenvalue weighted by Crippen LogP contribution is -2.22. The number of aromatic nitrogens is 2. The van der Waals surface area contributed by atoms with Gasteiger partial charge in [0.05, 0.1) is 12.5 Å². The van der Waals surface area contributed by atoms with Crippen LogP contribution in [-0.4, -0.2) is 22.8 Å². The van der Waals surface area contributed by atoms with Gasteiger partial charge in [0.25, 0.3) is 0 Å². The van der Waals surface area contributed by atoms with Crippen LogP contribution in [-0.2, 0) is 6.42 Å². The van der Waals surface area contributed by atoms with Crippen LogP contribution >= 0.6 is 0 Å². The third kappa shape index (κ3) is 3.79. The molecule has 19 heavy (non-hydrogen) atoms. The molecule has 0 saturated carbocycles. The molecule has 5 heteroatoms. The molecule has 2 unspecified atom stereocenters. The average molecular weight is 261 g/mol. The number of hydrogen-bond acceptors (Lipinski definition) is 5. The van der Waals surface area contributed by atoms with Crippen LogP contribution in [0.5, 0.6) is 5.75 Å². The number of para-hydroxylation sites is 1. The van der Waals surface area contributed by atoms with Gasteiger partial charge in [-0.2, -0.15) is 4.98 Å². The fourth-order valence-electron chi connectivity index (χ4n) is 1.56. The molecule has 2 atom stereocenters. The Kier molecular flexibility index (Phi) is 4.52. The molecule has 0 radical (unpaired) electrons. The van der Waals surface area contributed by atoms with Crippen molar-refractivity contribution in [1.82, 2.24) is 10.1 Å². The summed E-state index contributed by atoms with van der Waals surface area (Å²) in [7, 11) is 0. The van der Waals surface area contributed by atoms with Crippen LogP contribution in [0.25, 0.3) is 0 Å². The molecule has 102 valence electrons. The molecule has 0 aliphatic carbocycles. The zero-order valence-corrected chi connectivity index (χ0v) is 11.2. The van der Waals surface area contributed by atoms with Crippen LogP contribution in [0.2, 0.25) is 0 Å². The minimum atomic E-state index is -0.00568. The second-order valence-electron chi connectivity index (χ2n) is 4.61. The molecule has 1 heterocycles. The summed E-state index contributed by atoms with van der Waals surface area (Å²) in [6.07, 6.45) is 0.615. The van der Waals surface area contributed by atoms with Crippen molar-refractivity contribution in [3.63, 3.8) is 0 Å². The van der Waals surface area contributed by atoms with Crippen molar-refractivity contribution in [2.45, 2.75) is 32.2 Å². The van der Waals surface area contributed by atoms with E-state index in [1.807, 2.05) is 44.2 Å². The van der Waals surface area contributed by atoms with E-state index in [0.717, 1.165) is 5.75 Å². The van der Waals surface area contributed by atoms with Crippen molar-refractivity contribution in [2.24, 2.45) is 5.73 Å². The maximum absolute atomic E-state index is 5.80. The molecular weight excluding hydrogens is 242 g/mol. The van der Waals surface area contributed by atoms with E-state index in [9.17, 15) is 0 Å². The van der Waals surface area contributed by atoms with Gasteiger partial charge in [0, 0.05) is 12.5 Å². The quantitative estimate of drug-likeness (QED) is 0.862. The molecule has 2 rings (SSSR count). The summed E-state index contributed by atoms with van der Waals surface area (Å²) in [6.45, 7) is 4.42. The highest BCUT2D eigenvalue weighted by molar-refractivity contribution is 5.20. The van der Waals surface area contributed by atoms with Crippen LogP contribution in [0.15, 0.2) is 34.9 Å². The predicted octanol–water partition coefficient (Wildman–Crippen LogP) is 2.14. The normalized spacial score (nSPS) is 14.1. The van der Waals surface area contributed by atoms with Crippen molar-refractivity contribution >= 4 is 0 Å². The van der Waals surface area contributed by atoms with E-state index in [-0.39, 0.29) is 12.0 Å². The lowest BCUT2D eigenvalue weighted by atomic mass is 10.1. The maximum Gasteiger partial charge on any atom is 0.231 e. The average Bonchev–Trinajstić information content (AvgIpc) is 2.88. The summed E-state index contributed by atoms with van der Waals surface area (Å²) in [4.78, 5) is 4.32. The van der Waals surface area contributed by atoms with Crippen LogP contribution < -0.4 is 10.5 Å². The first kappa shape index (κ1) is 13.5. The molecule has 0 amide bonds. The lowest BCUT2D eigenvalue weighted by Gasteiger charge is -2.09. The number of rotatable bonds is 6. The number of ether oxygens (including phenoxy) is 1. The van der Waals surface area contributed by atoms with E-state index in [1.165, 1.54) is 0 Å². The Bertz CT molecular complexity index is 496. The summed E-state index contributed by atoms with van der Waals surface area (Å²) in [6, 6.07) is 9.65. The predicted molar refractivity (Wildman–Crippen MR) is 72.0 cm³/mol. The fraction of sp³-hybridized carbons (Fsp3) is 0.429. The molecule has 0 aliphatic heterocycles. The lowest BCUT2D eigenvalue weighted by molar-refractivity contribution is 0.311. The van der Waals surface area contributed by atoms with Crippen LogP contribution in [0.4, 0.5) is 0 Å². The van der Waals surface area contributed by atoms with Gasteiger partial charge in [-0.15, -0.1) is 0 Å². The molecule has 0 fully saturated rings. The first-order valence-corrected chi connectivity index (χ1v) is 6.42.